The Morgan fingerprint density at radius 1 is 0.239 bits per heavy atom. The number of alkyl carbamates (subject to hydrolysis) is 4. The lowest BCUT2D eigenvalue weighted by Gasteiger charge is -2.29. The number of esters is 2. The van der Waals surface area contributed by atoms with E-state index < -0.39 is 179 Å². The lowest BCUT2D eigenvalue weighted by molar-refractivity contribution is -0.156. The second-order valence-electron chi connectivity index (χ2n) is 37.3. The molecule has 0 aliphatic carbocycles. The summed E-state index contributed by atoms with van der Waals surface area (Å²) in [5, 5.41) is 33.2. The number of nitrogens with one attached hydrogen (secondary N) is 12. The summed E-state index contributed by atoms with van der Waals surface area (Å²) in [6, 6.07) is 31.1. The van der Waals surface area contributed by atoms with Gasteiger partial charge in [0.2, 0.25) is 47.3 Å². The summed E-state index contributed by atoms with van der Waals surface area (Å²) in [5.41, 5.74) is -1.30. The first-order valence-electron chi connectivity index (χ1n) is 46.0. The van der Waals surface area contributed by atoms with Gasteiger partial charge >= 0.3 is 36.3 Å². The molecule has 0 fully saturated rings. The maximum Gasteiger partial charge on any atom is 0.408 e. The summed E-state index contributed by atoms with van der Waals surface area (Å²) < 4.78 is 49.9. The molecule has 8 atom stereocenters. The van der Waals surface area contributed by atoms with Crippen molar-refractivity contribution in [1.82, 2.24) is 63.8 Å². The number of hydrogen-bond donors (Lipinski definition) is 12. The average Bonchev–Trinajstić information content (AvgIpc) is 0.834. The van der Waals surface area contributed by atoms with Crippen LogP contribution in [0, 0.1) is 0 Å². The van der Waals surface area contributed by atoms with Crippen molar-refractivity contribution in [2.75, 3.05) is 65.8 Å². The highest BCUT2D eigenvalue weighted by Crippen LogP contribution is 2.19. The van der Waals surface area contributed by atoms with Gasteiger partial charge in [-0.15, -0.1) is 0 Å². The molecule has 35 heteroatoms. The van der Waals surface area contributed by atoms with Crippen molar-refractivity contribution >= 4 is 83.6 Å². The van der Waals surface area contributed by atoms with E-state index in [4.69, 9.17) is 42.6 Å². The van der Waals surface area contributed by atoms with Crippen molar-refractivity contribution in [1.29, 1.82) is 0 Å². The van der Waals surface area contributed by atoms with E-state index in [1.54, 1.807) is 256 Å². The van der Waals surface area contributed by atoms with E-state index in [-0.39, 0.29) is 104 Å². The molecule has 35 nitrogen and oxygen atoms in total. The van der Waals surface area contributed by atoms with Crippen LogP contribution in [0.3, 0.4) is 0 Å². The van der Waals surface area contributed by atoms with Crippen LogP contribution in [0.4, 0.5) is 19.2 Å². The Morgan fingerprint density at radius 3 is 0.776 bits per heavy atom. The second-order valence-corrected chi connectivity index (χ2v) is 37.3. The van der Waals surface area contributed by atoms with Crippen LogP contribution in [0.25, 0.3) is 0 Å². The number of ether oxygens (including phenoxy) is 9. The lowest BCUT2D eigenvalue weighted by atomic mass is 10.0. The molecule has 0 spiro atoms. The minimum Gasteiger partial charge on any atom is -0.460 e. The van der Waals surface area contributed by atoms with Crippen molar-refractivity contribution in [2.24, 2.45) is 0 Å². The minimum atomic E-state index is -1.67. The van der Waals surface area contributed by atoms with Gasteiger partial charge in [-0.1, -0.05) is 152 Å². The molecule has 0 aliphatic heterocycles. The van der Waals surface area contributed by atoms with Crippen LogP contribution < -0.4 is 63.8 Å². The summed E-state index contributed by atoms with van der Waals surface area (Å²) in [5.74, 6) is -8.52. The van der Waals surface area contributed by atoms with E-state index in [0.717, 1.165) is 0 Å². The van der Waals surface area contributed by atoms with Crippen molar-refractivity contribution in [2.45, 2.75) is 290 Å². The Hall–Kier alpha value is -12.2. The number of carbonyl (C=O) groups is 14. The topological polar surface area (TPSA) is 466 Å². The second kappa shape index (κ2) is 58.7. The third-order valence-corrected chi connectivity index (χ3v) is 19.3. The van der Waals surface area contributed by atoms with Crippen LogP contribution >= 0.6 is 0 Å². The zero-order valence-corrected chi connectivity index (χ0v) is 80.5. The number of unbranched alkanes of at least 4 members (excludes halogenated alkanes) is 2. The summed E-state index contributed by atoms with van der Waals surface area (Å²) >= 11 is 0. The number of hydrogen-bond acceptors (Lipinski definition) is 23. The van der Waals surface area contributed by atoms with Crippen LogP contribution in [-0.4, -0.2) is 226 Å². The molecule has 12 amide bonds. The molecule has 5 rings (SSSR count). The fourth-order valence-corrected chi connectivity index (χ4v) is 13.1. The van der Waals surface area contributed by atoms with Gasteiger partial charge in [-0.05, 0) is 196 Å². The maximum absolute atomic E-state index is 15.6. The molecular formula is C99H144N12O23. The Bertz CT molecular complexity index is 4440. The number of carbonyl (C=O) groups excluding carboxylic acids is 14. The molecule has 5 aromatic rings. The third-order valence-electron chi connectivity index (χ3n) is 19.3. The molecule has 0 saturated heterocycles. The molecule has 5 aromatic carbocycles. The van der Waals surface area contributed by atoms with E-state index in [0.29, 0.717) is 79.9 Å². The highest BCUT2D eigenvalue weighted by Gasteiger charge is 2.38. The largest absolute Gasteiger partial charge is 0.460 e. The zero-order valence-electron chi connectivity index (χ0n) is 80.5. The molecule has 12 N–H and O–H groups in total. The SMILES string of the molecule is CC(C)(C)OC(=O)CC[C@H](NC(=O)[C@H](Cc1ccccc1)NC(=O)OCc1ccccc1)C(=O)N[C@@H](Cc1ccccc1)C(=O)N[C@@H](CCCCNC(=O)OC(C)(C)C)C(=O)N[C@@H](Cc1ccccc1)C(=O)N[C@@H](CCC(=O)OC(C)(C)C)C(=O)N[C@@H](Cc1ccccc1)C(=O)N[C@@H](CCCCNC(=O)OC(C)(C)C)C(=O)NCCCOCCOCCOCCCNC(=O)OC(C)(C)C. The molecule has 0 unspecified atom stereocenters. The van der Waals surface area contributed by atoms with Crippen LogP contribution in [-0.2, 0) is 123 Å². The number of benzene rings is 5. The quantitative estimate of drug-likeness (QED) is 0.00978. The van der Waals surface area contributed by atoms with Crippen LogP contribution in [0.2, 0.25) is 0 Å². The van der Waals surface area contributed by atoms with Gasteiger partial charge in [0.1, 0.15) is 82.9 Å². The summed E-state index contributed by atoms with van der Waals surface area (Å²) in [6.45, 7) is 27.8. The molecular weight excluding hydrogens is 1730 g/mol. The molecule has 0 saturated carbocycles. The fourth-order valence-electron chi connectivity index (χ4n) is 13.1. The first-order chi connectivity index (χ1) is 63.3. The first-order valence-corrected chi connectivity index (χ1v) is 46.0. The number of rotatable bonds is 56. The zero-order chi connectivity index (χ0) is 98.7. The van der Waals surface area contributed by atoms with Gasteiger partial charge in [-0.25, -0.2) is 19.2 Å². The Labute approximate surface area is 788 Å². The van der Waals surface area contributed by atoms with E-state index >= 15 is 28.8 Å². The van der Waals surface area contributed by atoms with Crippen molar-refractivity contribution < 1.29 is 110 Å². The van der Waals surface area contributed by atoms with Crippen molar-refractivity contribution in [3.8, 4) is 0 Å². The van der Waals surface area contributed by atoms with Crippen molar-refractivity contribution in [3.63, 3.8) is 0 Å². The minimum absolute atomic E-state index is 0.0414. The van der Waals surface area contributed by atoms with Gasteiger partial charge in [0.05, 0.1) is 26.4 Å². The van der Waals surface area contributed by atoms with Gasteiger partial charge < -0.3 is 106 Å². The van der Waals surface area contributed by atoms with E-state index in [1.807, 2.05) is 0 Å². The molecule has 0 aromatic heterocycles. The van der Waals surface area contributed by atoms with Gasteiger partial charge in [0, 0.05) is 77.9 Å². The molecule has 0 bridgehead atoms. The highest BCUT2D eigenvalue weighted by atomic mass is 16.6. The van der Waals surface area contributed by atoms with Gasteiger partial charge in [-0.3, -0.25) is 47.9 Å². The highest BCUT2D eigenvalue weighted by molar-refractivity contribution is 5.99. The van der Waals surface area contributed by atoms with Gasteiger partial charge in [0.25, 0.3) is 0 Å². The standard InChI is InChI=1S/C99H144N12O23/c1-95(2,3)130-81(112)51-49-75(85(116)109-77(63-68-37-21-16-22-38-68)87(118)104-73(47-31-33-53-101-91(122)132-97(7,8)9)83(114)100-55-35-57-126-59-61-128-62-60-127-58-36-56-103-93(124)134-99(13,14)15)106-89(120)79(65-70-41-25-18-26-42-70)108-84(115)74(48-32-34-54-102-92(123)133-98(10,11)12)105-88(119)78(64-69-39-23-17-24-40-69)110-86(117)76(50-52-82(113)131-96(4,5)6)107-90(121)80(66-71-43-27-19-28-44-71)111-94(125)129-67-72-45-29-20-30-46-72/h16-30,37-46,73-80H,31-36,47-67H2,1-15H3,(H,100,114)(H,101,122)(H,102,123)(H,103,124)(H,104,118)(H,105,119)(H,106,120)(H,107,121)(H,108,115)(H,109,116)(H,110,117)(H,111,125)/t73-,74-,75-,76-,77-,78-,79-,80-/m0/s1. The molecule has 738 valence electrons. The monoisotopic (exact) mass is 1870 g/mol. The maximum atomic E-state index is 15.6. The number of amides is 12. The van der Waals surface area contributed by atoms with Crippen molar-refractivity contribution in [3.05, 3.63) is 179 Å². The Morgan fingerprint density at radius 2 is 0.478 bits per heavy atom. The van der Waals surface area contributed by atoms with E-state index in [9.17, 15) is 38.4 Å². The van der Waals surface area contributed by atoms with E-state index in [2.05, 4.69) is 63.8 Å². The summed E-state index contributed by atoms with van der Waals surface area (Å²) in [7, 11) is 0. The van der Waals surface area contributed by atoms with Gasteiger partial charge in [0.15, 0.2) is 0 Å². The normalized spacial score (nSPS) is 13.4. The van der Waals surface area contributed by atoms with Gasteiger partial charge in [-0.2, -0.15) is 0 Å². The average molecular weight is 1870 g/mol. The Balaban J connectivity index is 1.48. The Kier molecular flexibility index (Phi) is 49.2. The fraction of sp³-hybridized carbons (Fsp3) is 0.556. The van der Waals surface area contributed by atoms with Crippen LogP contribution in [0.15, 0.2) is 152 Å². The molecule has 134 heavy (non-hydrogen) atoms. The third kappa shape index (κ3) is 51.1. The molecule has 0 heterocycles. The predicted octanol–water partition coefficient (Wildman–Crippen LogP) is 9.75. The first kappa shape index (κ1) is 112. The predicted molar refractivity (Wildman–Crippen MR) is 503 cm³/mol. The molecule has 0 aliphatic rings. The molecule has 0 radical (unpaired) electrons. The van der Waals surface area contributed by atoms with Crippen LogP contribution in [0.1, 0.15) is 209 Å². The lowest BCUT2D eigenvalue weighted by Crippen LogP contribution is -2.61. The smallest absolute Gasteiger partial charge is 0.408 e. The van der Waals surface area contributed by atoms with E-state index in [1.165, 1.54) is 0 Å². The summed E-state index contributed by atoms with van der Waals surface area (Å²) in [4.78, 5) is 200. The van der Waals surface area contributed by atoms with Crippen LogP contribution in [0.5, 0.6) is 0 Å². The summed E-state index contributed by atoms with van der Waals surface area (Å²) in [6.07, 6.45) is -3.47.